The molecule has 0 radical (unpaired) electrons. The summed E-state index contributed by atoms with van der Waals surface area (Å²) in [4.78, 5) is 0. The molecule has 0 saturated heterocycles. The molecule has 1 unspecified atom stereocenters. The Bertz CT molecular complexity index is 407. The Kier molecular flexibility index (Phi) is 2.69. The molecule has 4 nitrogen and oxygen atoms in total. The smallest absolute Gasteiger partial charge is 0.232 e. The van der Waals surface area contributed by atoms with Crippen molar-refractivity contribution in [3.05, 3.63) is 12.3 Å². The predicted molar refractivity (Wildman–Crippen MR) is 71.1 cm³/mol. The molecule has 2 N–H and O–H groups in total. The van der Waals surface area contributed by atoms with Gasteiger partial charge in [-0.15, -0.1) is 10.2 Å². The number of aromatic nitrogens is 2. The van der Waals surface area contributed by atoms with Crippen molar-refractivity contribution in [3.8, 4) is 0 Å². The van der Waals surface area contributed by atoms with Gasteiger partial charge in [-0.2, -0.15) is 0 Å². The molecule has 0 spiro atoms. The summed E-state index contributed by atoms with van der Waals surface area (Å²) in [6.45, 7) is 0. The molecule has 4 bridgehead atoms. The third-order valence-electron chi connectivity index (χ3n) is 5.84. The quantitative estimate of drug-likeness (QED) is 0.904. The summed E-state index contributed by atoms with van der Waals surface area (Å²) in [5.74, 6) is 3.66. The Balaban J connectivity index is 1.42. The van der Waals surface area contributed by atoms with E-state index in [9.17, 15) is 0 Å². The third-order valence-corrected chi connectivity index (χ3v) is 5.84. The van der Waals surface area contributed by atoms with Crippen LogP contribution >= 0.6 is 0 Å². The van der Waals surface area contributed by atoms with Crippen LogP contribution in [0.2, 0.25) is 0 Å². The fourth-order valence-corrected chi connectivity index (χ4v) is 5.52. The van der Waals surface area contributed by atoms with Gasteiger partial charge in [0.2, 0.25) is 12.3 Å². The zero-order valence-corrected chi connectivity index (χ0v) is 11.4. The molecule has 19 heavy (non-hydrogen) atoms. The van der Waals surface area contributed by atoms with E-state index in [0.717, 1.165) is 24.2 Å². The zero-order chi connectivity index (χ0) is 12.9. The Morgan fingerprint density at radius 2 is 1.84 bits per heavy atom. The van der Waals surface area contributed by atoms with Crippen molar-refractivity contribution in [2.24, 2.45) is 28.9 Å². The van der Waals surface area contributed by atoms with Gasteiger partial charge < -0.3 is 10.2 Å². The lowest BCUT2D eigenvalue weighted by Crippen LogP contribution is -2.46. The van der Waals surface area contributed by atoms with Crippen LogP contribution in [-0.4, -0.2) is 10.2 Å². The monoisotopic (exact) mass is 261 g/mol. The van der Waals surface area contributed by atoms with Gasteiger partial charge >= 0.3 is 0 Å². The zero-order valence-electron chi connectivity index (χ0n) is 11.4. The van der Waals surface area contributed by atoms with Crippen LogP contribution in [0.25, 0.3) is 0 Å². The van der Waals surface area contributed by atoms with E-state index in [4.69, 9.17) is 10.2 Å². The number of hydrogen-bond acceptors (Lipinski definition) is 4. The summed E-state index contributed by atoms with van der Waals surface area (Å²) >= 11 is 0. The SMILES string of the molecule is NC(CCC12CC3CC(CC(C3)C1)C2)c1nnco1. The molecule has 1 heterocycles. The van der Waals surface area contributed by atoms with Crippen molar-refractivity contribution in [1.82, 2.24) is 10.2 Å². The van der Waals surface area contributed by atoms with Gasteiger partial charge in [0.05, 0.1) is 6.04 Å². The standard InChI is InChI=1S/C15H23N3O/c16-13(14-18-17-9-19-14)1-2-15-6-10-3-11(7-15)5-12(4-10)8-15/h9-13H,1-8,16H2. The molecule has 4 aliphatic rings. The molecule has 5 rings (SSSR count). The van der Waals surface area contributed by atoms with E-state index in [0.29, 0.717) is 11.3 Å². The first-order valence-corrected chi connectivity index (χ1v) is 7.74. The summed E-state index contributed by atoms with van der Waals surface area (Å²) in [5.41, 5.74) is 6.78. The molecule has 1 aromatic heterocycles. The minimum absolute atomic E-state index is 0.0736. The van der Waals surface area contributed by atoms with Gasteiger partial charge in [-0.3, -0.25) is 0 Å². The maximum absolute atomic E-state index is 6.17. The summed E-state index contributed by atoms with van der Waals surface area (Å²) < 4.78 is 5.22. The highest BCUT2D eigenvalue weighted by Crippen LogP contribution is 2.61. The van der Waals surface area contributed by atoms with Gasteiger partial charge in [0.25, 0.3) is 0 Å². The summed E-state index contributed by atoms with van der Waals surface area (Å²) in [7, 11) is 0. The Morgan fingerprint density at radius 1 is 1.21 bits per heavy atom. The lowest BCUT2D eigenvalue weighted by Gasteiger charge is -2.57. The van der Waals surface area contributed by atoms with Crippen LogP contribution in [0.15, 0.2) is 10.8 Å². The molecule has 1 aromatic rings. The van der Waals surface area contributed by atoms with Crippen LogP contribution in [0.1, 0.15) is 63.3 Å². The number of rotatable bonds is 4. The van der Waals surface area contributed by atoms with Crippen molar-refractivity contribution >= 4 is 0 Å². The van der Waals surface area contributed by atoms with E-state index in [-0.39, 0.29) is 6.04 Å². The van der Waals surface area contributed by atoms with E-state index in [2.05, 4.69) is 10.2 Å². The van der Waals surface area contributed by atoms with Crippen molar-refractivity contribution in [3.63, 3.8) is 0 Å². The minimum atomic E-state index is -0.0736. The highest BCUT2D eigenvalue weighted by Gasteiger charge is 2.50. The highest BCUT2D eigenvalue weighted by molar-refractivity contribution is 5.02. The van der Waals surface area contributed by atoms with Crippen molar-refractivity contribution < 1.29 is 4.42 Å². The molecule has 1 atom stereocenters. The van der Waals surface area contributed by atoms with Gasteiger partial charge in [0.15, 0.2) is 0 Å². The molecular formula is C15H23N3O. The van der Waals surface area contributed by atoms with Crippen molar-refractivity contribution in [2.75, 3.05) is 0 Å². The molecule has 0 amide bonds. The fourth-order valence-electron chi connectivity index (χ4n) is 5.52. The van der Waals surface area contributed by atoms with E-state index in [1.165, 1.54) is 51.3 Å². The lowest BCUT2D eigenvalue weighted by molar-refractivity contribution is -0.0591. The first-order chi connectivity index (χ1) is 9.22. The largest absolute Gasteiger partial charge is 0.426 e. The van der Waals surface area contributed by atoms with Gasteiger partial charge in [-0.25, -0.2) is 0 Å². The molecule has 4 aliphatic carbocycles. The maximum atomic E-state index is 6.17. The van der Waals surface area contributed by atoms with Crippen LogP contribution in [0.3, 0.4) is 0 Å². The minimum Gasteiger partial charge on any atom is -0.426 e. The van der Waals surface area contributed by atoms with Crippen LogP contribution < -0.4 is 5.73 Å². The predicted octanol–water partition coefficient (Wildman–Crippen LogP) is 3.07. The molecule has 4 heteroatoms. The lowest BCUT2D eigenvalue weighted by atomic mass is 9.48. The van der Waals surface area contributed by atoms with E-state index in [1.807, 2.05) is 0 Å². The second-order valence-corrected chi connectivity index (χ2v) is 7.34. The summed E-state index contributed by atoms with van der Waals surface area (Å²) in [6.07, 6.45) is 12.5. The molecular weight excluding hydrogens is 238 g/mol. The van der Waals surface area contributed by atoms with Crippen LogP contribution in [0, 0.1) is 23.2 Å². The van der Waals surface area contributed by atoms with Crippen LogP contribution in [0.4, 0.5) is 0 Å². The third kappa shape index (κ3) is 2.10. The molecule has 0 aliphatic heterocycles. The number of hydrogen-bond donors (Lipinski definition) is 1. The van der Waals surface area contributed by atoms with Gasteiger partial charge in [0.1, 0.15) is 0 Å². The molecule has 104 valence electrons. The first-order valence-electron chi connectivity index (χ1n) is 7.74. The average molecular weight is 261 g/mol. The van der Waals surface area contributed by atoms with Crippen LogP contribution in [0.5, 0.6) is 0 Å². The average Bonchev–Trinajstić information content (AvgIpc) is 2.88. The highest BCUT2D eigenvalue weighted by atomic mass is 16.4. The van der Waals surface area contributed by atoms with Crippen LogP contribution in [-0.2, 0) is 0 Å². The summed E-state index contributed by atoms with van der Waals surface area (Å²) in [6, 6.07) is -0.0736. The molecule has 0 aromatic carbocycles. The maximum Gasteiger partial charge on any atom is 0.232 e. The number of nitrogens with zero attached hydrogens (tertiary/aromatic N) is 2. The summed E-state index contributed by atoms with van der Waals surface area (Å²) in [5, 5.41) is 7.66. The van der Waals surface area contributed by atoms with E-state index < -0.39 is 0 Å². The second kappa shape index (κ2) is 4.30. The molecule has 4 fully saturated rings. The van der Waals surface area contributed by atoms with E-state index in [1.54, 1.807) is 0 Å². The Labute approximate surface area is 114 Å². The van der Waals surface area contributed by atoms with Crippen molar-refractivity contribution in [2.45, 2.75) is 57.4 Å². The normalized spacial score (nSPS) is 41.6. The van der Waals surface area contributed by atoms with Gasteiger partial charge in [-0.05, 0) is 74.5 Å². The number of nitrogens with two attached hydrogens (primary N) is 1. The topological polar surface area (TPSA) is 64.9 Å². The first kappa shape index (κ1) is 11.9. The second-order valence-electron chi connectivity index (χ2n) is 7.34. The molecule has 4 saturated carbocycles. The Hall–Kier alpha value is -0.900. The van der Waals surface area contributed by atoms with E-state index >= 15 is 0 Å². The Morgan fingerprint density at radius 3 is 2.37 bits per heavy atom. The van der Waals surface area contributed by atoms with Gasteiger partial charge in [0, 0.05) is 0 Å². The van der Waals surface area contributed by atoms with Crippen molar-refractivity contribution in [1.29, 1.82) is 0 Å². The fraction of sp³-hybridized carbons (Fsp3) is 0.867. The van der Waals surface area contributed by atoms with Gasteiger partial charge in [-0.1, -0.05) is 0 Å².